The summed E-state index contributed by atoms with van der Waals surface area (Å²) in [7, 11) is -4.23. The lowest BCUT2D eigenvalue weighted by Crippen LogP contribution is -2.54. The van der Waals surface area contributed by atoms with Crippen LogP contribution in [0, 0.1) is 3.57 Å². The highest BCUT2D eigenvalue weighted by atomic mass is 127. The molecule has 1 heterocycles. The fourth-order valence-electron chi connectivity index (χ4n) is 3.45. The van der Waals surface area contributed by atoms with Crippen LogP contribution in [0.25, 0.3) is 6.08 Å². The van der Waals surface area contributed by atoms with Crippen molar-refractivity contribution in [2.75, 3.05) is 11.5 Å². The molecule has 0 aliphatic carbocycles. The molecular formula is C25H17Cl2IN2O7S. The van der Waals surface area contributed by atoms with E-state index in [0.717, 1.165) is 4.90 Å². The molecule has 1 fully saturated rings. The number of amides is 4. The van der Waals surface area contributed by atoms with Gasteiger partial charge in [-0.1, -0.05) is 29.3 Å². The van der Waals surface area contributed by atoms with Crippen LogP contribution in [0.5, 0.6) is 11.5 Å². The number of nitrogens with one attached hydrogen (secondary N) is 1. The average molecular weight is 687 g/mol. The van der Waals surface area contributed by atoms with E-state index >= 15 is 0 Å². The van der Waals surface area contributed by atoms with Gasteiger partial charge in [-0.3, -0.25) is 14.9 Å². The maximum Gasteiger partial charge on any atom is 0.339 e. The molecule has 13 heteroatoms. The fourth-order valence-corrected chi connectivity index (χ4v) is 5.60. The number of urea groups is 1. The van der Waals surface area contributed by atoms with Crippen LogP contribution in [0.4, 0.5) is 10.5 Å². The first-order chi connectivity index (χ1) is 18.0. The Morgan fingerprint density at radius 3 is 2.37 bits per heavy atom. The lowest BCUT2D eigenvalue weighted by molar-refractivity contribution is -0.122. The summed E-state index contributed by atoms with van der Waals surface area (Å²) in [5.41, 5.74) is 0.178. The van der Waals surface area contributed by atoms with Gasteiger partial charge >= 0.3 is 16.1 Å². The molecule has 0 bridgehead atoms. The minimum atomic E-state index is -4.23. The largest absolute Gasteiger partial charge is 0.490 e. The van der Waals surface area contributed by atoms with Gasteiger partial charge in [0.15, 0.2) is 11.5 Å². The van der Waals surface area contributed by atoms with Gasteiger partial charge in [0, 0.05) is 10.0 Å². The SMILES string of the molecule is CCOc1cc(/C=C2\C(=O)NC(=O)N(c3cccc(Cl)c3)C2=O)cc(I)c1OS(=O)(=O)c1ccc(Cl)cc1. The van der Waals surface area contributed by atoms with E-state index in [2.05, 4.69) is 5.32 Å². The van der Waals surface area contributed by atoms with Crippen LogP contribution in [0.1, 0.15) is 12.5 Å². The van der Waals surface area contributed by atoms with Crippen LogP contribution in [-0.4, -0.2) is 32.9 Å². The van der Waals surface area contributed by atoms with Crippen molar-refractivity contribution in [3.8, 4) is 11.5 Å². The number of benzene rings is 3. The van der Waals surface area contributed by atoms with Crippen molar-refractivity contribution < 1.29 is 31.7 Å². The van der Waals surface area contributed by atoms with Gasteiger partial charge in [0.25, 0.3) is 11.8 Å². The van der Waals surface area contributed by atoms with Crippen LogP contribution in [0.15, 0.2) is 71.1 Å². The molecular weight excluding hydrogens is 670 g/mol. The molecule has 1 N–H and O–H groups in total. The summed E-state index contributed by atoms with van der Waals surface area (Å²) < 4.78 is 37.0. The third kappa shape index (κ3) is 5.96. The van der Waals surface area contributed by atoms with Crippen LogP contribution in [0.3, 0.4) is 0 Å². The lowest BCUT2D eigenvalue weighted by atomic mass is 10.1. The number of halogens is 3. The third-order valence-corrected chi connectivity index (χ3v) is 7.63. The molecule has 1 aliphatic heterocycles. The number of rotatable bonds is 7. The van der Waals surface area contributed by atoms with Crippen molar-refractivity contribution in [1.29, 1.82) is 0 Å². The summed E-state index contributed by atoms with van der Waals surface area (Å²) in [4.78, 5) is 38.9. The van der Waals surface area contributed by atoms with Crippen molar-refractivity contribution in [1.82, 2.24) is 5.32 Å². The number of barbiturate groups is 1. The van der Waals surface area contributed by atoms with Gasteiger partial charge in [-0.05, 0) is 95.8 Å². The maximum atomic E-state index is 13.2. The van der Waals surface area contributed by atoms with Crippen molar-refractivity contribution in [3.63, 3.8) is 0 Å². The first-order valence-corrected chi connectivity index (χ1v) is 14.1. The van der Waals surface area contributed by atoms with Gasteiger partial charge in [-0.2, -0.15) is 8.42 Å². The molecule has 38 heavy (non-hydrogen) atoms. The molecule has 9 nitrogen and oxygen atoms in total. The smallest absolute Gasteiger partial charge is 0.339 e. The molecule has 196 valence electrons. The van der Waals surface area contributed by atoms with Crippen LogP contribution in [-0.2, 0) is 19.7 Å². The Kier molecular flexibility index (Phi) is 8.31. The monoisotopic (exact) mass is 686 g/mol. The summed E-state index contributed by atoms with van der Waals surface area (Å²) in [6.07, 6.45) is 1.27. The van der Waals surface area contributed by atoms with Crippen molar-refractivity contribution >= 4 is 85.5 Å². The molecule has 0 unspecified atom stereocenters. The van der Waals surface area contributed by atoms with E-state index in [9.17, 15) is 22.8 Å². The van der Waals surface area contributed by atoms with Gasteiger partial charge in [0.05, 0.1) is 15.9 Å². The molecule has 1 aliphatic rings. The molecule has 0 spiro atoms. The van der Waals surface area contributed by atoms with E-state index in [1.807, 2.05) is 22.6 Å². The van der Waals surface area contributed by atoms with Gasteiger partial charge in [-0.15, -0.1) is 0 Å². The van der Waals surface area contributed by atoms with Crippen molar-refractivity contribution in [2.24, 2.45) is 0 Å². The first kappa shape index (κ1) is 27.9. The highest BCUT2D eigenvalue weighted by Crippen LogP contribution is 2.37. The van der Waals surface area contributed by atoms with Crippen LogP contribution < -0.4 is 19.1 Å². The minimum Gasteiger partial charge on any atom is -0.490 e. The molecule has 0 radical (unpaired) electrons. The van der Waals surface area contributed by atoms with E-state index in [1.54, 1.807) is 19.1 Å². The summed E-state index contributed by atoms with van der Waals surface area (Å²) in [5, 5.41) is 2.80. The second-order valence-corrected chi connectivity index (χ2v) is 11.3. The topological polar surface area (TPSA) is 119 Å². The van der Waals surface area contributed by atoms with Crippen LogP contribution >= 0.6 is 45.8 Å². The Labute approximate surface area is 241 Å². The summed E-state index contributed by atoms with van der Waals surface area (Å²) in [6.45, 7) is 1.87. The number of hydrogen-bond donors (Lipinski definition) is 1. The van der Waals surface area contributed by atoms with Gasteiger partial charge in [0.2, 0.25) is 0 Å². The molecule has 3 aromatic rings. The quantitative estimate of drug-likeness (QED) is 0.152. The van der Waals surface area contributed by atoms with E-state index in [1.165, 1.54) is 54.6 Å². The molecule has 4 amide bonds. The minimum absolute atomic E-state index is 0.0650. The summed E-state index contributed by atoms with van der Waals surface area (Å²) >= 11 is 13.7. The number of imide groups is 2. The number of carbonyl (C=O) groups is 3. The Bertz CT molecular complexity index is 1590. The van der Waals surface area contributed by atoms with Crippen LogP contribution in [0.2, 0.25) is 10.0 Å². The van der Waals surface area contributed by atoms with E-state index in [0.29, 0.717) is 19.2 Å². The number of hydrogen-bond acceptors (Lipinski definition) is 7. The van der Waals surface area contributed by atoms with Crippen molar-refractivity contribution in [3.05, 3.63) is 85.4 Å². The number of nitrogens with zero attached hydrogens (tertiary/aromatic N) is 1. The molecule has 4 rings (SSSR count). The number of ether oxygens (including phenoxy) is 1. The lowest BCUT2D eigenvalue weighted by Gasteiger charge is -2.26. The fraction of sp³-hybridized carbons (Fsp3) is 0.0800. The highest BCUT2D eigenvalue weighted by molar-refractivity contribution is 14.1. The van der Waals surface area contributed by atoms with Gasteiger partial charge in [0.1, 0.15) is 10.5 Å². The molecule has 0 atom stereocenters. The number of carbonyl (C=O) groups excluding carboxylic acids is 3. The molecule has 0 saturated carbocycles. The van der Waals surface area contributed by atoms with Gasteiger partial charge < -0.3 is 8.92 Å². The molecule has 3 aromatic carbocycles. The van der Waals surface area contributed by atoms with E-state index in [-0.39, 0.29) is 34.3 Å². The second kappa shape index (κ2) is 11.3. The normalized spacial score (nSPS) is 15.0. The van der Waals surface area contributed by atoms with Gasteiger partial charge in [-0.25, -0.2) is 9.69 Å². The average Bonchev–Trinajstić information content (AvgIpc) is 2.84. The van der Waals surface area contributed by atoms with E-state index < -0.39 is 28.0 Å². The summed E-state index contributed by atoms with van der Waals surface area (Å²) in [5.74, 6) is -1.76. The predicted molar refractivity (Wildman–Crippen MR) is 150 cm³/mol. The Hall–Kier alpha value is -3.13. The first-order valence-electron chi connectivity index (χ1n) is 10.8. The maximum absolute atomic E-state index is 13.2. The molecule has 0 aromatic heterocycles. The third-order valence-electron chi connectivity index (χ3n) is 5.11. The highest BCUT2D eigenvalue weighted by Gasteiger charge is 2.37. The number of anilines is 1. The Morgan fingerprint density at radius 1 is 1.00 bits per heavy atom. The standard InChI is InChI=1S/C25H17Cl2IN2O7S/c1-2-36-21-12-14(11-20(28)22(21)37-38(34,35)18-8-6-15(26)7-9-18)10-19-23(31)29-25(33)30(24(19)32)17-5-3-4-16(27)13-17/h3-13H,2H2,1H3,(H,29,31,33)/b19-10+. The van der Waals surface area contributed by atoms with Crippen molar-refractivity contribution in [2.45, 2.75) is 11.8 Å². The van der Waals surface area contributed by atoms with E-state index in [4.69, 9.17) is 32.1 Å². The Morgan fingerprint density at radius 2 is 1.71 bits per heavy atom. The molecule has 1 saturated heterocycles. The predicted octanol–water partition coefficient (Wildman–Crippen LogP) is 5.43. The summed E-state index contributed by atoms with van der Waals surface area (Å²) in [6, 6.07) is 13.5. The zero-order valence-electron chi connectivity index (χ0n) is 19.4. The zero-order chi connectivity index (χ0) is 27.6. The zero-order valence-corrected chi connectivity index (χ0v) is 23.9. The second-order valence-electron chi connectivity index (χ2n) is 7.69. The Balaban J connectivity index is 1.72.